The first-order chi connectivity index (χ1) is 14.5. The molecule has 1 unspecified atom stereocenters. The molecule has 0 radical (unpaired) electrons. The van der Waals surface area contributed by atoms with Crippen molar-refractivity contribution in [3.63, 3.8) is 0 Å². The van der Waals surface area contributed by atoms with Gasteiger partial charge in [-0.15, -0.1) is 0 Å². The van der Waals surface area contributed by atoms with Gasteiger partial charge in [0.2, 0.25) is 0 Å². The normalized spacial score (nSPS) is 16.5. The molecule has 0 aliphatic carbocycles. The number of likely N-dealkylation sites (tertiary alicyclic amines) is 1. The number of aromatic nitrogens is 2. The number of piperidine rings is 1. The highest BCUT2D eigenvalue weighted by atomic mass is 16.5. The smallest absolute Gasteiger partial charge is 0.317 e. The lowest BCUT2D eigenvalue weighted by atomic mass is 10.0. The number of hydrogen-bond donors (Lipinski definition) is 0. The molecule has 6 nitrogen and oxygen atoms in total. The molecule has 2 aromatic carbocycles. The molecule has 2 heterocycles. The van der Waals surface area contributed by atoms with Gasteiger partial charge in [0.15, 0.2) is 0 Å². The molecule has 1 aromatic heterocycles. The van der Waals surface area contributed by atoms with Gasteiger partial charge in [-0.1, -0.05) is 30.3 Å². The van der Waals surface area contributed by atoms with E-state index in [4.69, 9.17) is 9.47 Å². The van der Waals surface area contributed by atoms with Crippen LogP contribution in [-0.4, -0.2) is 46.6 Å². The van der Waals surface area contributed by atoms with Gasteiger partial charge in [0, 0.05) is 17.9 Å². The molecule has 0 saturated carbocycles. The first kappa shape index (κ1) is 20.1. The van der Waals surface area contributed by atoms with Gasteiger partial charge >= 0.3 is 6.01 Å². The molecule has 1 aliphatic heterocycles. The zero-order valence-electron chi connectivity index (χ0n) is 17.7. The van der Waals surface area contributed by atoms with Gasteiger partial charge in [0.25, 0.3) is 5.91 Å². The van der Waals surface area contributed by atoms with Crippen molar-refractivity contribution in [2.45, 2.75) is 39.7 Å². The Bertz CT molecular complexity index is 1050. The Kier molecular flexibility index (Phi) is 5.84. The van der Waals surface area contributed by atoms with E-state index in [1.807, 2.05) is 68.1 Å². The summed E-state index contributed by atoms with van der Waals surface area (Å²) in [6, 6.07) is 14.1. The minimum absolute atomic E-state index is 0.0232. The summed E-state index contributed by atoms with van der Waals surface area (Å²) in [7, 11) is 0. The Morgan fingerprint density at radius 1 is 1.13 bits per heavy atom. The molecule has 1 aliphatic rings. The number of hydrogen-bond acceptors (Lipinski definition) is 5. The molecule has 1 saturated heterocycles. The summed E-state index contributed by atoms with van der Waals surface area (Å²) >= 11 is 0. The topological polar surface area (TPSA) is 64.5 Å². The van der Waals surface area contributed by atoms with Crippen LogP contribution < -0.4 is 9.47 Å². The Morgan fingerprint density at radius 2 is 1.90 bits per heavy atom. The molecule has 156 valence electrons. The van der Waals surface area contributed by atoms with Crippen molar-refractivity contribution in [1.29, 1.82) is 0 Å². The Morgan fingerprint density at radius 3 is 2.67 bits per heavy atom. The second-order valence-electron chi connectivity index (χ2n) is 7.66. The van der Waals surface area contributed by atoms with Crippen molar-refractivity contribution in [3.8, 4) is 11.8 Å². The molecule has 3 aromatic rings. The third kappa shape index (κ3) is 4.22. The fourth-order valence-corrected chi connectivity index (χ4v) is 4.02. The van der Waals surface area contributed by atoms with Crippen LogP contribution in [0.5, 0.6) is 11.8 Å². The lowest BCUT2D eigenvalue weighted by Crippen LogP contribution is -2.44. The minimum Gasteiger partial charge on any atom is -0.493 e. The maximum atomic E-state index is 13.6. The first-order valence-corrected chi connectivity index (χ1v) is 10.5. The molecule has 4 rings (SSSR count). The van der Waals surface area contributed by atoms with Gasteiger partial charge in [-0.2, -0.15) is 0 Å². The van der Waals surface area contributed by atoms with E-state index in [9.17, 15) is 4.79 Å². The number of fused-ring (bicyclic) bond motifs is 1. The third-order valence-corrected chi connectivity index (χ3v) is 5.30. The molecular formula is C24H27N3O3. The van der Waals surface area contributed by atoms with Gasteiger partial charge in [0.05, 0.1) is 18.7 Å². The van der Waals surface area contributed by atoms with E-state index in [-0.39, 0.29) is 12.0 Å². The summed E-state index contributed by atoms with van der Waals surface area (Å²) < 4.78 is 11.9. The fourth-order valence-electron chi connectivity index (χ4n) is 4.02. The van der Waals surface area contributed by atoms with Crippen LogP contribution in [0.4, 0.5) is 0 Å². The van der Waals surface area contributed by atoms with E-state index in [2.05, 4.69) is 9.97 Å². The molecule has 30 heavy (non-hydrogen) atoms. The summed E-state index contributed by atoms with van der Waals surface area (Å²) in [6.07, 6.45) is 1.61. The van der Waals surface area contributed by atoms with Crippen molar-refractivity contribution in [1.82, 2.24) is 14.9 Å². The fraction of sp³-hybridized carbons (Fsp3) is 0.375. The van der Waals surface area contributed by atoms with Crippen molar-refractivity contribution < 1.29 is 14.3 Å². The number of aryl methyl sites for hydroxylation is 2. The minimum atomic E-state index is -0.130. The second-order valence-corrected chi connectivity index (χ2v) is 7.66. The highest BCUT2D eigenvalue weighted by Crippen LogP contribution is 2.30. The van der Waals surface area contributed by atoms with Crippen LogP contribution in [0.3, 0.4) is 0 Å². The van der Waals surface area contributed by atoms with E-state index in [1.54, 1.807) is 0 Å². The molecule has 6 heteroatoms. The Balaban J connectivity index is 1.59. The van der Waals surface area contributed by atoms with Crippen LogP contribution in [-0.2, 0) is 0 Å². The largest absolute Gasteiger partial charge is 0.493 e. The maximum absolute atomic E-state index is 13.6. The maximum Gasteiger partial charge on any atom is 0.317 e. The number of carbonyl (C=O) groups excluding carboxylic acids is 1. The van der Waals surface area contributed by atoms with Gasteiger partial charge in [0.1, 0.15) is 11.9 Å². The van der Waals surface area contributed by atoms with Crippen LogP contribution >= 0.6 is 0 Å². The predicted octanol–water partition coefficient (Wildman–Crippen LogP) is 4.33. The van der Waals surface area contributed by atoms with E-state index >= 15 is 0 Å². The zero-order chi connectivity index (χ0) is 21.1. The number of amides is 1. The Hall–Kier alpha value is -3.15. The standard InChI is InChI=1S/C24H27N3O3/c1-4-29-21-12-11-18-8-5-6-10-20(18)22(21)23(28)27-13-7-9-19(15-27)30-24-25-16(2)14-17(3)26-24/h5-6,8,10-12,14,19H,4,7,9,13,15H2,1-3H3. The lowest BCUT2D eigenvalue weighted by molar-refractivity contribution is 0.0513. The number of ether oxygens (including phenoxy) is 2. The predicted molar refractivity (Wildman–Crippen MR) is 116 cm³/mol. The van der Waals surface area contributed by atoms with Crippen molar-refractivity contribution >= 4 is 16.7 Å². The first-order valence-electron chi connectivity index (χ1n) is 10.5. The van der Waals surface area contributed by atoms with Crippen LogP contribution in [0, 0.1) is 13.8 Å². The van der Waals surface area contributed by atoms with E-state index in [0.29, 0.717) is 37.0 Å². The summed E-state index contributed by atoms with van der Waals surface area (Å²) in [6.45, 7) is 7.49. The van der Waals surface area contributed by atoms with Crippen molar-refractivity contribution in [2.75, 3.05) is 19.7 Å². The molecule has 1 amide bonds. The van der Waals surface area contributed by atoms with Gasteiger partial charge in [-0.3, -0.25) is 4.79 Å². The summed E-state index contributed by atoms with van der Waals surface area (Å²) in [5, 5.41) is 1.94. The number of benzene rings is 2. The summed E-state index contributed by atoms with van der Waals surface area (Å²) in [5.74, 6) is 0.603. The molecule has 1 atom stereocenters. The van der Waals surface area contributed by atoms with E-state index in [1.165, 1.54) is 0 Å². The number of nitrogens with zero attached hydrogens (tertiary/aromatic N) is 3. The Labute approximate surface area is 176 Å². The molecule has 0 spiro atoms. The zero-order valence-corrected chi connectivity index (χ0v) is 17.7. The van der Waals surface area contributed by atoms with Crippen LogP contribution in [0.1, 0.15) is 41.5 Å². The molecular weight excluding hydrogens is 378 g/mol. The monoisotopic (exact) mass is 405 g/mol. The van der Waals surface area contributed by atoms with Crippen LogP contribution in [0.2, 0.25) is 0 Å². The van der Waals surface area contributed by atoms with Crippen LogP contribution in [0.25, 0.3) is 10.8 Å². The number of rotatable bonds is 5. The lowest BCUT2D eigenvalue weighted by Gasteiger charge is -2.33. The third-order valence-electron chi connectivity index (χ3n) is 5.30. The quantitative estimate of drug-likeness (QED) is 0.632. The SMILES string of the molecule is CCOc1ccc2ccccc2c1C(=O)N1CCCC(Oc2nc(C)cc(C)n2)C1. The average molecular weight is 405 g/mol. The molecule has 0 bridgehead atoms. The van der Waals surface area contributed by atoms with E-state index < -0.39 is 0 Å². The molecule has 1 fully saturated rings. The highest BCUT2D eigenvalue weighted by molar-refractivity contribution is 6.09. The summed E-state index contributed by atoms with van der Waals surface area (Å²) in [5.41, 5.74) is 2.37. The van der Waals surface area contributed by atoms with Crippen LogP contribution in [0.15, 0.2) is 42.5 Å². The second kappa shape index (κ2) is 8.69. The molecule has 0 N–H and O–H groups in total. The van der Waals surface area contributed by atoms with E-state index in [0.717, 1.165) is 35.0 Å². The summed E-state index contributed by atoms with van der Waals surface area (Å²) in [4.78, 5) is 24.2. The average Bonchev–Trinajstić information content (AvgIpc) is 2.73. The van der Waals surface area contributed by atoms with Crippen molar-refractivity contribution in [2.24, 2.45) is 0 Å². The van der Waals surface area contributed by atoms with Gasteiger partial charge in [-0.25, -0.2) is 9.97 Å². The van der Waals surface area contributed by atoms with Crippen molar-refractivity contribution in [3.05, 3.63) is 59.4 Å². The van der Waals surface area contributed by atoms with Gasteiger partial charge in [-0.05, 0) is 56.5 Å². The number of carbonyl (C=O) groups is 1. The highest BCUT2D eigenvalue weighted by Gasteiger charge is 2.29. The van der Waals surface area contributed by atoms with Gasteiger partial charge < -0.3 is 14.4 Å².